The zero-order chi connectivity index (χ0) is 21.9. The molecule has 4 nitrogen and oxygen atoms in total. The van der Waals surface area contributed by atoms with Crippen molar-refractivity contribution in [1.29, 1.82) is 0 Å². The van der Waals surface area contributed by atoms with E-state index in [0.29, 0.717) is 12.2 Å². The summed E-state index contributed by atoms with van der Waals surface area (Å²) in [4.78, 5) is 17.0. The fourth-order valence-electron chi connectivity index (χ4n) is 4.98. The number of nitrogens with zero attached hydrogens (tertiary/aromatic N) is 1. The van der Waals surface area contributed by atoms with E-state index in [0.717, 1.165) is 60.8 Å². The molecule has 4 heteroatoms. The lowest BCUT2D eigenvalue weighted by Gasteiger charge is -2.26. The molecule has 0 radical (unpaired) electrons. The Morgan fingerprint density at radius 1 is 0.727 bits per heavy atom. The molecular weight excluding hydrogens is 410 g/mol. The highest BCUT2D eigenvalue weighted by Gasteiger charge is 2.27. The van der Waals surface area contributed by atoms with Crippen LogP contribution in [0.1, 0.15) is 5.56 Å². The molecule has 3 heterocycles. The Morgan fingerprint density at radius 2 is 1.58 bits per heavy atom. The van der Waals surface area contributed by atoms with Gasteiger partial charge in [0.15, 0.2) is 0 Å². The standard InChI is InChI=1S/C29H17NO3/c31-25-15-11-20-23(33-25)13-14-24-27(20)28-21(16-32-24)29(18-7-2-1-3-8-18)30-22-12-10-17-6-4-5-9-19(17)26(22)28/h1-15H,16H2. The van der Waals surface area contributed by atoms with Gasteiger partial charge in [-0.15, -0.1) is 0 Å². The van der Waals surface area contributed by atoms with Gasteiger partial charge < -0.3 is 9.15 Å². The molecule has 33 heavy (non-hydrogen) atoms. The third-order valence-electron chi connectivity index (χ3n) is 6.41. The van der Waals surface area contributed by atoms with Crippen LogP contribution in [0.25, 0.3) is 55.0 Å². The minimum absolute atomic E-state index is 0.366. The Balaban J connectivity index is 1.73. The quantitative estimate of drug-likeness (QED) is 0.216. The fraction of sp³-hybridized carbons (Fsp3) is 0.0345. The molecule has 156 valence electrons. The molecule has 7 rings (SSSR count). The van der Waals surface area contributed by atoms with E-state index in [4.69, 9.17) is 14.1 Å². The van der Waals surface area contributed by atoms with Gasteiger partial charge in [0.2, 0.25) is 0 Å². The normalized spacial score (nSPS) is 12.5. The Bertz CT molecular complexity index is 1790. The van der Waals surface area contributed by atoms with Crippen LogP contribution < -0.4 is 10.4 Å². The second kappa shape index (κ2) is 6.78. The number of aromatic nitrogens is 1. The molecule has 0 aliphatic carbocycles. The molecule has 0 fully saturated rings. The summed E-state index contributed by atoms with van der Waals surface area (Å²) in [5.74, 6) is 0.781. The summed E-state index contributed by atoms with van der Waals surface area (Å²) in [5, 5.41) is 4.24. The molecule has 0 amide bonds. The molecule has 0 atom stereocenters. The van der Waals surface area contributed by atoms with E-state index in [-0.39, 0.29) is 5.63 Å². The van der Waals surface area contributed by atoms with Crippen molar-refractivity contribution in [1.82, 2.24) is 4.98 Å². The van der Waals surface area contributed by atoms with Crippen molar-refractivity contribution in [2.45, 2.75) is 6.61 Å². The molecule has 0 N–H and O–H groups in total. The summed E-state index contributed by atoms with van der Waals surface area (Å²) in [6.45, 7) is 0.418. The van der Waals surface area contributed by atoms with E-state index < -0.39 is 0 Å². The average Bonchev–Trinajstić information content (AvgIpc) is 2.87. The van der Waals surface area contributed by atoms with E-state index in [2.05, 4.69) is 42.5 Å². The molecule has 0 saturated carbocycles. The van der Waals surface area contributed by atoms with E-state index in [1.165, 1.54) is 6.07 Å². The molecule has 4 aromatic carbocycles. The van der Waals surface area contributed by atoms with Crippen molar-refractivity contribution >= 4 is 32.6 Å². The molecule has 1 aliphatic rings. The van der Waals surface area contributed by atoms with Crippen LogP contribution in [0.5, 0.6) is 5.75 Å². The summed E-state index contributed by atoms with van der Waals surface area (Å²) in [6, 6.07) is 29.8. The highest BCUT2D eigenvalue weighted by atomic mass is 16.5. The molecule has 0 saturated heterocycles. The number of fused-ring (bicyclic) bond motifs is 9. The number of hydrogen-bond acceptors (Lipinski definition) is 4. The summed E-state index contributed by atoms with van der Waals surface area (Å²) < 4.78 is 11.8. The average molecular weight is 427 g/mol. The second-order valence-electron chi connectivity index (χ2n) is 8.25. The zero-order valence-electron chi connectivity index (χ0n) is 17.5. The highest BCUT2D eigenvalue weighted by molar-refractivity contribution is 6.18. The van der Waals surface area contributed by atoms with Gasteiger partial charge >= 0.3 is 5.63 Å². The number of hydrogen-bond donors (Lipinski definition) is 0. The summed E-state index contributed by atoms with van der Waals surface area (Å²) in [7, 11) is 0. The minimum atomic E-state index is -0.366. The minimum Gasteiger partial charge on any atom is -0.488 e. The van der Waals surface area contributed by atoms with Crippen molar-refractivity contribution in [2.75, 3.05) is 0 Å². The lowest BCUT2D eigenvalue weighted by Crippen LogP contribution is -2.10. The molecular formula is C29H17NO3. The van der Waals surface area contributed by atoms with Crippen molar-refractivity contribution in [2.24, 2.45) is 0 Å². The lowest BCUT2D eigenvalue weighted by molar-refractivity contribution is 0.303. The Hall–Kier alpha value is -4.44. The van der Waals surface area contributed by atoms with Crippen LogP contribution in [-0.4, -0.2) is 4.98 Å². The molecule has 0 bridgehead atoms. The first-order valence-corrected chi connectivity index (χ1v) is 10.9. The van der Waals surface area contributed by atoms with E-state index in [1.807, 2.05) is 36.4 Å². The van der Waals surface area contributed by atoms with Gasteiger partial charge in [-0.1, -0.05) is 60.7 Å². The maximum Gasteiger partial charge on any atom is 0.336 e. The summed E-state index contributed by atoms with van der Waals surface area (Å²) >= 11 is 0. The first-order valence-electron chi connectivity index (χ1n) is 10.9. The number of ether oxygens (including phenoxy) is 1. The van der Waals surface area contributed by atoms with Crippen molar-refractivity contribution < 1.29 is 9.15 Å². The molecule has 0 unspecified atom stereocenters. The smallest absolute Gasteiger partial charge is 0.336 e. The Kier molecular flexibility index (Phi) is 3.73. The van der Waals surface area contributed by atoms with Crippen molar-refractivity contribution in [3.8, 4) is 28.1 Å². The number of rotatable bonds is 1. The lowest BCUT2D eigenvalue weighted by atomic mass is 9.86. The summed E-state index contributed by atoms with van der Waals surface area (Å²) in [6.07, 6.45) is 0. The molecule has 0 spiro atoms. The van der Waals surface area contributed by atoms with E-state index in [9.17, 15) is 4.79 Å². The third kappa shape index (κ3) is 2.64. The van der Waals surface area contributed by atoms with Crippen LogP contribution in [0.2, 0.25) is 0 Å². The molecule has 6 aromatic rings. The van der Waals surface area contributed by atoms with Gasteiger partial charge in [0.25, 0.3) is 0 Å². The van der Waals surface area contributed by atoms with E-state index >= 15 is 0 Å². The van der Waals surface area contributed by atoms with Gasteiger partial charge in [-0.05, 0) is 35.0 Å². The van der Waals surface area contributed by atoms with E-state index in [1.54, 1.807) is 6.07 Å². The molecule has 2 aromatic heterocycles. The topological polar surface area (TPSA) is 52.3 Å². The Morgan fingerprint density at radius 3 is 2.48 bits per heavy atom. The van der Waals surface area contributed by atoms with Crippen LogP contribution in [-0.2, 0) is 6.61 Å². The van der Waals surface area contributed by atoms with Gasteiger partial charge in [0.05, 0.1) is 11.2 Å². The van der Waals surface area contributed by atoms with Gasteiger partial charge in [0, 0.05) is 39.1 Å². The van der Waals surface area contributed by atoms with Crippen LogP contribution in [0.15, 0.2) is 100 Å². The summed E-state index contributed by atoms with van der Waals surface area (Å²) in [5.41, 5.74) is 6.13. The predicted molar refractivity (Wildman–Crippen MR) is 130 cm³/mol. The second-order valence-corrected chi connectivity index (χ2v) is 8.25. The van der Waals surface area contributed by atoms with Crippen LogP contribution in [0.4, 0.5) is 0 Å². The number of benzene rings is 4. The van der Waals surface area contributed by atoms with Crippen molar-refractivity contribution in [3.05, 3.63) is 107 Å². The highest BCUT2D eigenvalue weighted by Crippen LogP contribution is 2.49. The van der Waals surface area contributed by atoms with Gasteiger partial charge in [0.1, 0.15) is 17.9 Å². The van der Waals surface area contributed by atoms with Crippen LogP contribution >= 0.6 is 0 Å². The maximum absolute atomic E-state index is 11.9. The first-order chi connectivity index (χ1) is 16.3. The number of pyridine rings is 1. The maximum atomic E-state index is 11.9. The SMILES string of the molecule is O=c1ccc2c3c(ccc2o1)OCc1c(-c2ccccc2)nc2ccc4ccccc4c2c1-3. The van der Waals surface area contributed by atoms with Crippen LogP contribution in [0.3, 0.4) is 0 Å². The predicted octanol–water partition coefficient (Wildman–Crippen LogP) is 6.72. The van der Waals surface area contributed by atoms with Gasteiger partial charge in [-0.25, -0.2) is 9.78 Å². The first kappa shape index (κ1) is 18.2. The zero-order valence-corrected chi connectivity index (χ0v) is 17.5. The monoisotopic (exact) mass is 427 g/mol. The Labute approximate surface area is 188 Å². The van der Waals surface area contributed by atoms with Crippen LogP contribution in [0, 0.1) is 0 Å². The van der Waals surface area contributed by atoms with Crippen molar-refractivity contribution in [3.63, 3.8) is 0 Å². The fourth-order valence-corrected chi connectivity index (χ4v) is 4.98. The van der Waals surface area contributed by atoms with Gasteiger partial charge in [-0.2, -0.15) is 0 Å². The third-order valence-corrected chi connectivity index (χ3v) is 6.41. The van der Waals surface area contributed by atoms with Gasteiger partial charge in [-0.3, -0.25) is 0 Å². The molecule has 1 aliphatic heterocycles. The largest absolute Gasteiger partial charge is 0.488 e.